The van der Waals surface area contributed by atoms with E-state index in [1.54, 1.807) is 6.26 Å². The maximum absolute atomic E-state index is 5.66. The maximum atomic E-state index is 5.66. The monoisotopic (exact) mass is 258 g/mol. The summed E-state index contributed by atoms with van der Waals surface area (Å²) in [4.78, 5) is 4.29. The van der Waals surface area contributed by atoms with Crippen LogP contribution in [0, 0.1) is 0 Å². The van der Waals surface area contributed by atoms with Gasteiger partial charge in [0.1, 0.15) is 12.0 Å². The van der Waals surface area contributed by atoms with E-state index < -0.39 is 0 Å². The van der Waals surface area contributed by atoms with Gasteiger partial charge in [-0.2, -0.15) is 4.98 Å². The lowest BCUT2D eigenvalue weighted by Gasteiger charge is -2.03. The number of fused-ring (bicyclic) bond motifs is 1. The summed E-state index contributed by atoms with van der Waals surface area (Å²) in [5.74, 6) is 0.803. The molecule has 4 nitrogen and oxygen atoms in total. The Morgan fingerprint density at radius 2 is 2.21 bits per heavy atom. The number of oxazole rings is 1. The first kappa shape index (κ1) is 12.2. The predicted molar refractivity (Wildman–Crippen MR) is 72.4 cm³/mol. The van der Waals surface area contributed by atoms with Crippen molar-refractivity contribution in [2.45, 2.75) is 32.7 Å². The second kappa shape index (κ2) is 5.45. The minimum absolute atomic E-state index is 0.311. The fourth-order valence-electron chi connectivity index (χ4n) is 2.38. The number of hydrogen-bond acceptors (Lipinski definition) is 4. The van der Waals surface area contributed by atoms with Crippen molar-refractivity contribution in [2.24, 2.45) is 0 Å². The Labute approximate surface area is 112 Å². The minimum Gasteiger partial charge on any atom is -0.417 e. The van der Waals surface area contributed by atoms with Crippen molar-refractivity contribution in [1.82, 2.24) is 10.3 Å². The molecule has 1 heterocycles. The minimum atomic E-state index is 0.311. The zero-order chi connectivity index (χ0) is 13.1. The van der Waals surface area contributed by atoms with Crippen LogP contribution in [-0.2, 0) is 19.4 Å². The lowest BCUT2D eigenvalue weighted by Crippen LogP contribution is -2.11. The number of rotatable bonds is 5. The second-order valence-corrected chi connectivity index (χ2v) is 4.77. The first-order valence-corrected chi connectivity index (χ1v) is 6.80. The molecule has 0 saturated carbocycles. The van der Waals surface area contributed by atoms with Crippen LogP contribution in [0.4, 0.5) is 0 Å². The summed E-state index contributed by atoms with van der Waals surface area (Å²) in [6.45, 7) is 3.67. The summed E-state index contributed by atoms with van der Waals surface area (Å²) >= 11 is 0. The van der Waals surface area contributed by atoms with Gasteiger partial charge in [-0.25, -0.2) is 0 Å². The van der Waals surface area contributed by atoms with Crippen LogP contribution in [-0.4, -0.2) is 11.5 Å². The fraction of sp³-hybridized carbons (Fsp3) is 0.400. The summed E-state index contributed by atoms with van der Waals surface area (Å²) in [5, 5.41) is 3.20. The molecule has 1 aromatic carbocycles. The van der Waals surface area contributed by atoms with Gasteiger partial charge in [0.05, 0.1) is 5.69 Å². The molecule has 2 aromatic rings. The van der Waals surface area contributed by atoms with E-state index in [2.05, 4.69) is 29.4 Å². The molecule has 0 fully saturated rings. The van der Waals surface area contributed by atoms with Crippen molar-refractivity contribution in [3.63, 3.8) is 0 Å². The molecule has 100 valence electrons. The van der Waals surface area contributed by atoms with E-state index >= 15 is 0 Å². The van der Waals surface area contributed by atoms with Gasteiger partial charge in [-0.05, 0) is 49.1 Å². The number of aromatic nitrogens is 1. The summed E-state index contributed by atoms with van der Waals surface area (Å²) in [5.41, 5.74) is 3.68. The van der Waals surface area contributed by atoms with Gasteiger partial charge < -0.3 is 14.5 Å². The lowest BCUT2D eigenvalue weighted by atomic mass is 10.1. The van der Waals surface area contributed by atoms with E-state index in [9.17, 15) is 0 Å². The Morgan fingerprint density at radius 1 is 1.32 bits per heavy atom. The van der Waals surface area contributed by atoms with Crippen LogP contribution in [0.25, 0.3) is 0 Å². The third-order valence-corrected chi connectivity index (χ3v) is 3.36. The standard InChI is InChI=1S/C15H18N2O2/c1-2-16-9-13-10-18-15(17-13)19-14-7-6-11-4-3-5-12(11)8-14/h6-8,10,16H,2-5,9H2,1H3. The molecule has 0 unspecified atom stereocenters. The second-order valence-electron chi connectivity index (χ2n) is 4.77. The van der Waals surface area contributed by atoms with Crippen molar-refractivity contribution < 1.29 is 9.15 Å². The van der Waals surface area contributed by atoms with Gasteiger partial charge in [0.25, 0.3) is 0 Å². The van der Waals surface area contributed by atoms with E-state index in [0.29, 0.717) is 12.6 Å². The van der Waals surface area contributed by atoms with E-state index in [0.717, 1.165) is 24.4 Å². The molecule has 1 aliphatic rings. The predicted octanol–water partition coefficient (Wildman–Crippen LogP) is 3.07. The smallest absolute Gasteiger partial charge is 0.399 e. The third kappa shape index (κ3) is 2.79. The van der Waals surface area contributed by atoms with Gasteiger partial charge >= 0.3 is 6.08 Å². The maximum Gasteiger partial charge on any atom is 0.399 e. The first-order chi connectivity index (χ1) is 9.35. The van der Waals surface area contributed by atoms with Crippen molar-refractivity contribution in [1.29, 1.82) is 0 Å². The SMILES string of the molecule is CCNCc1coc(Oc2ccc3c(c2)CCC3)n1. The van der Waals surface area contributed by atoms with Crippen LogP contribution in [0.15, 0.2) is 28.9 Å². The molecule has 0 atom stereocenters. The van der Waals surface area contributed by atoms with Crippen LogP contribution >= 0.6 is 0 Å². The Morgan fingerprint density at radius 3 is 3.11 bits per heavy atom. The molecule has 0 saturated heterocycles. The summed E-state index contributed by atoms with van der Waals surface area (Å²) in [6.07, 6.45) is 5.51. The van der Waals surface area contributed by atoms with Crippen molar-refractivity contribution in [3.05, 3.63) is 41.3 Å². The highest BCUT2D eigenvalue weighted by Crippen LogP contribution is 2.28. The van der Waals surface area contributed by atoms with Crippen molar-refractivity contribution in [2.75, 3.05) is 6.54 Å². The average Bonchev–Trinajstić information content (AvgIpc) is 3.05. The molecule has 1 aliphatic carbocycles. The molecule has 0 amide bonds. The number of benzene rings is 1. The average molecular weight is 258 g/mol. The Balaban J connectivity index is 1.69. The van der Waals surface area contributed by atoms with Crippen LogP contribution < -0.4 is 10.1 Å². The van der Waals surface area contributed by atoms with E-state index in [-0.39, 0.29) is 0 Å². The number of aryl methyl sites for hydroxylation is 2. The highest BCUT2D eigenvalue weighted by molar-refractivity contribution is 5.39. The highest BCUT2D eigenvalue weighted by Gasteiger charge is 2.12. The van der Waals surface area contributed by atoms with Crippen LogP contribution in [0.2, 0.25) is 0 Å². The zero-order valence-corrected chi connectivity index (χ0v) is 11.1. The topological polar surface area (TPSA) is 47.3 Å². The van der Waals surface area contributed by atoms with Gasteiger partial charge in [0.2, 0.25) is 0 Å². The number of nitrogens with zero attached hydrogens (tertiary/aromatic N) is 1. The van der Waals surface area contributed by atoms with E-state index in [1.165, 1.54) is 24.0 Å². The third-order valence-electron chi connectivity index (χ3n) is 3.36. The quantitative estimate of drug-likeness (QED) is 0.895. The summed E-state index contributed by atoms with van der Waals surface area (Å²) in [6, 6.07) is 6.22. The largest absolute Gasteiger partial charge is 0.417 e. The van der Waals surface area contributed by atoms with Gasteiger partial charge in [-0.15, -0.1) is 0 Å². The molecule has 4 heteroatoms. The molecule has 3 rings (SSSR count). The van der Waals surface area contributed by atoms with E-state index in [4.69, 9.17) is 9.15 Å². The Bertz CT molecular complexity index is 563. The van der Waals surface area contributed by atoms with Crippen molar-refractivity contribution >= 4 is 0 Å². The molecular weight excluding hydrogens is 240 g/mol. The van der Waals surface area contributed by atoms with Gasteiger partial charge in [0, 0.05) is 6.54 Å². The van der Waals surface area contributed by atoms with Crippen LogP contribution in [0.5, 0.6) is 11.8 Å². The van der Waals surface area contributed by atoms with Gasteiger partial charge in [-0.3, -0.25) is 0 Å². The Kier molecular flexibility index (Phi) is 3.51. The molecule has 1 aromatic heterocycles. The van der Waals surface area contributed by atoms with Gasteiger partial charge in [0.15, 0.2) is 0 Å². The molecule has 0 bridgehead atoms. The van der Waals surface area contributed by atoms with Crippen LogP contribution in [0.1, 0.15) is 30.2 Å². The zero-order valence-electron chi connectivity index (χ0n) is 11.1. The Hall–Kier alpha value is -1.81. The molecule has 0 aliphatic heterocycles. The summed E-state index contributed by atoms with van der Waals surface area (Å²) in [7, 11) is 0. The highest BCUT2D eigenvalue weighted by atomic mass is 16.6. The molecule has 0 radical (unpaired) electrons. The first-order valence-electron chi connectivity index (χ1n) is 6.80. The molecule has 19 heavy (non-hydrogen) atoms. The molecule has 0 spiro atoms. The number of nitrogens with one attached hydrogen (secondary N) is 1. The van der Waals surface area contributed by atoms with E-state index in [1.807, 2.05) is 6.07 Å². The fourth-order valence-corrected chi connectivity index (χ4v) is 2.38. The lowest BCUT2D eigenvalue weighted by molar-refractivity contribution is 0.330. The molecular formula is C15H18N2O2. The summed E-state index contributed by atoms with van der Waals surface area (Å²) < 4.78 is 11.0. The molecule has 1 N–H and O–H groups in total. The normalized spacial score (nSPS) is 13.5. The number of hydrogen-bond donors (Lipinski definition) is 1. The van der Waals surface area contributed by atoms with Crippen molar-refractivity contribution in [3.8, 4) is 11.8 Å². The van der Waals surface area contributed by atoms with Crippen LogP contribution in [0.3, 0.4) is 0 Å². The number of ether oxygens (including phenoxy) is 1. The van der Waals surface area contributed by atoms with Gasteiger partial charge in [-0.1, -0.05) is 13.0 Å².